The number of hydrogen-bond donors (Lipinski definition) is 1. The molecule has 0 saturated heterocycles. The summed E-state index contributed by atoms with van der Waals surface area (Å²) in [5.74, 6) is -0.0427. The summed E-state index contributed by atoms with van der Waals surface area (Å²) in [5.41, 5.74) is 4.40. The van der Waals surface area contributed by atoms with Gasteiger partial charge in [0.25, 0.3) is 5.91 Å². The number of nitrogens with zero attached hydrogens (tertiary/aromatic N) is 1. The van der Waals surface area contributed by atoms with Gasteiger partial charge in [-0.1, -0.05) is 41.4 Å². The van der Waals surface area contributed by atoms with Crippen LogP contribution < -0.4 is 10.2 Å². The van der Waals surface area contributed by atoms with Crippen molar-refractivity contribution >= 4 is 29.5 Å². The molecule has 6 heteroatoms. The highest BCUT2D eigenvalue weighted by Gasteiger charge is 2.30. The molecule has 0 heterocycles. The lowest BCUT2D eigenvalue weighted by Gasteiger charge is -2.24. The number of aryl methyl sites for hydroxylation is 1. The Hall–Kier alpha value is -3.44. The number of halogens is 1. The second kappa shape index (κ2) is 9.58. The van der Waals surface area contributed by atoms with Crippen molar-refractivity contribution in [2.75, 3.05) is 0 Å². The Labute approximate surface area is 186 Å². The highest BCUT2D eigenvalue weighted by Crippen LogP contribution is 2.21. The number of carbonyl (C=O) groups excluding carboxylic acids is 2. The molecule has 5 nitrogen and oxygen atoms in total. The second-order valence-corrected chi connectivity index (χ2v) is 8.02. The van der Waals surface area contributed by atoms with Gasteiger partial charge in [0.05, 0.1) is 6.21 Å². The van der Waals surface area contributed by atoms with Crippen LogP contribution in [0.4, 0.5) is 0 Å². The lowest BCUT2D eigenvalue weighted by atomic mass is 10.0. The summed E-state index contributed by atoms with van der Waals surface area (Å²) in [6, 6.07) is 21.1. The third-order valence-electron chi connectivity index (χ3n) is 4.56. The zero-order chi connectivity index (χ0) is 22.4. The molecule has 3 aromatic rings. The molecule has 0 saturated carbocycles. The molecule has 1 N–H and O–H groups in total. The van der Waals surface area contributed by atoms with Crippen LogP contribution in [0.3, 0.4) is 0 Å². The van der Waals surface area contributed by atoms with Crippen molar-refractivity contribution < 1.29 is 14.3 Å². The fraction of sp³-hybridized carbons (Fsp3) is 0.160. The van der Waals surface area contributed by atoms with Gasteiger partial charge in [0, 0.05) is 16.1 Å². The average Bonchev–Trinajstić information content (AvgIpc) is 2.74. The Balaban J connectivity index is 1.61. The molecule has 31 heavy (non-hydrogen) atoms. The van der Waals surface area contributed by atoms with E-state index < -0.39 is 11.5 Å². The van der Waals surface area contributed by atoms with Gasteiger partial charge in [-0.2, -0.15) is 5.10 Å². The van der Waals surface area contributed by atoms with Crippen molar-refractivity contribution in [3.63, 3.8) is 0 Å². The van der Waals surface area contributed by atoms with Crippen LogP contribution in [-0.2, 0) is 4.79 Å². The lowest BCUT2D eigenvalue weighted by molar-refractivity contribution is -0.134. The fourth-order valence-electron chi connectivity index (χ4n) is 2.83. The SMILES string of the molecule is Cc1cccc(/C=N/NC(=O)C(C)(C)Oc2ccc(C(=O)c3ccc(Cl)cc3)cc2)c1. The zero-order valence-electron chi connectivity index (χ0n) is 17.6. The molecule has 3 aromatic carbocycles. The van der Waals surface area contributed by atoms with Crippen LogP contribution in [0.5, 0.6) is 5.75 Å². The van der Waals surface area contributed by atoms with Crippen molar-refractivity contribution in [3.05, 3.63) is 100 Å². The smallest absolute Gasteiger partial charge is 0.283 e. The molecule has 0 unspecified atom stereocenters. The van der Waals surface area contributed by atoms with Gasteiger partial charge in [-0.05, 0) is 74.9 Å². The van der Waals surface area contributed by atoms with Crippen LogP contribution >= 0.6 is 11.6 Å². The minimum atomic E-state index is -1.16. The number of carbonyl (C=O) groups is 2. The zero-order valence-corrected chi connectivity index (χ0v) is 18.3. The van der Waals surface area contributed by atoms with Crippen molar-refractivity contribution in [1.29, 1.82) is 0 Å². The topological polar surface area (TPSA) is 67.8 Å². The summed E-state index contributed by atoms with van der Waals surface area (Å²) >= 11 is 5.87. The predicted molar refractivity (Wildman–Crippen MR) is 123 cm³/mol. The molecule has 0 spiro atoms. The van der Waals surface area contributed by atoms with Gasteiger partial charge in [-0.15, -0.1) is 0 Å². The highest BCUT2D eigenvalue weighted by atomic mass is 35.5. The molecule has 158 valence electrons. The first kappa shape index (κ1) is 22.2. The van der Waals surface area contributed by atoms with E-state index in [0.717, 1.165) is 11.1 Å². The first-order valence-electron chi connectivity index (χ1n) is 9.74. The number of rotatable bonds is 7. The van der Waals surface area contributed by atoms with E-state index in [0.29, 0.717) is 21.9 Å². The number of benzene rings is 3. The van der Waals surface area contributed by atoms with E-state index in [2.05, 4.69) is 10.5 Å². The highest BCUT2D eigenvalue weighted by molar-refractivity contribution is 6.30. The Bertz CT molecular complexity index is 1100. The quantitative estimate of drug-likeness (QED) is 0.316. The summed E-state index contributed by atoms with van der Waals surface area (Å²) in [7, 11) is 0. The van der Waals surface area contributed by atoms with Crippen LogP contribution in [0.25, 0.3) is 0 Å². The van der Waals surface area contributed by atoms with Crippen molar-refractivity contribution in [2.45, 2.75) is 26.4 Å². The van der Waals surface area contributed by atoms with Crippen LogP contribution in [0.1, 0.15) is 40.9 Å². The molecule has 0 atom stereocenters. The molecule has 0 radical (unpaired) electrons. The Kier molecular flexibility index (Phi) is 6.88. The van der Waals surface area contributed by atoms with Gasteiger partial charge >= 0.3 is 0 Å². The molecule has 0 aliphatic heterocycles. The first-order valence-corrected chi connectivity index (χ1v) is 10.1. The van der Waals surface area contributed by atoms with E-state index >= 15 is 0 Å². The van der Waals surface area contributed by atoms with Gasteiger partial charge in [-0.3, -0.25) is 9.59 Å². The monoisotopic (exact) mass is 434 g/mol. The van der Waals surface area contributed by atoms with Gasteiger partial charge in [0.2, 0.25) is 0 Å². The van der Waals surface area contributed by atoms with Crippen LogP contribution in [0, 0.1) is 6.92 Å². The van der Waals surface area contributed by atoms with E-state index in [-0.39, 0.29) is 5.78 Å². The maximum Gasteiger partial charge on any atom is 0.283 e. The number of ketones is 1. The van der Waals surface area contributed by atoms with Crippen LogP contribution in [-0.4, -0.2) is 23.5 Å². The van der Waals surface area contributed by atoms with E-state index in [1.54, 1.807) is 68.6 Å². The fourth-order valence-corrected chi connectivity index (χ4v) is 2.96. The summed E-state index contributed by atoms with van der Waals surface area (Å²) in [5, 5.41) is 4.58. The van der Waals surface area contributed by atoms with Crippen molar-refractivity contribution in [2.24, 2.45) is 5.10 Å². The van der Waals surface area contributed by atoms with Crippen molar-refractivity contribution in [1.82, 2.24) is 5.43 Å². The Morgan fingerprint density at radius 3 is 2.19 bits per heavy atom. The third-order valence-corrected chi connectivity index (χ3v) is 4.82. The van der Waals surface area contributed by atoms with Crippen molar-refractivity contribution in [3.8, 4) is 5.75 Å². The number of nitrogens with one attached hydrogen (secondary N) is 1. The van der Waals surface area contributed by atoms with E-state index in [1.807, 2.05) is 31.2 Å². The van der Waals surface area contributed by atoms with Gasteiger partial charge in [0.15, 0.2) is 11.4 Å². The largest absolute Gasteiger partial charge is 0.478 e. The summed E-state index contributed by atoms with van der Waals surface area (Å²) in [4.78, 5) is 25.1. The minimum Gasteiger partial charge on any atom is -0.478 e. The molecule has 3 rings (SSSR count). The van der Waals surface area contributed by atoms with E-state index in [1.165, 1.54) is 0 Å². The molecule has 0 aromatic heterocycles. The average molecular weight is 435 g/mol. The number of hydrogen-bond acceptors (Lipinski definition) is 4. The number of hydrazone groups is 1. The molecular formula is C25H23ClN2O3. The second-order valence-electron chi connectivity index (χ2n) is 7.59. The Morgan fingerprint density at radius 2 is 1.58 bits per heavy atom. The lowest BCUT2D eigenvalue weighted by Crippen LogP contribution is -2.44. The first-order chi connectivity index (χ1) is 14.7. The third kappa shape index (κ3) is 6.03. The van der Waals surface area contributed by atoms with E-state index in [9.17, 15) is 9.59 Å². The maximum absolute atomic E-state index is 12.6. The maximum atomic E-state index is 12.6. The van der Waals surface area contributed by atoms with Gasteiger partial charge in [-0.25, -0.2) is 5.43 Å². The number of amides is 1. The van der Waals surface area contributed by atoms with Crippen LogP contribution in [0.15, 0.2) is 77.9 Å². The molecular weight excluding hydrogens is 412 g/mol. The van der Waals surface area contributed by atoms with Crippen LogP contribution in [0.2, 0.25) is 5.02 Å². The summed E-state index contributed by atoms with van der Waals surface area (Å²) < 4.78 is 5.83. The Morgan fingerprint density at radius 1 is 0.968 bits per heavy atom. The minimum absolute atomic E-state index is 0.120. The van der Waals surface area contributed by atoms with Gasteiger partial charge < -0.3 is 4.74 Å². The van der Waals surface area contributed by atoms with Gasteiger partial charge in [0.1, 0.15) is 5.75 Å². The van der Waals surface area contributed by atoms with E-state index in [4.69, 9.17) is 16.3 Å². The molecule has 0 aliphatic rings. The standard InChI is InChI=1S/C25H23ClN2O3/c1-17-5-4-6-18(15-17)16-27-28-24(30)25(2,3)31-22-13-9-20(10-14-22)23(29)19-7-11-21(26)12-8-19/h4-16H,1-3H3,(H,28,30)/b27-16+. The molecule has 0 aliphatic carbocycles. The molecule has 1 amide bonds. The molecule has 0 fully saturated rings. The predicted octanol–water partition coefficient (Wildman–Crippen LogP) is 5.19. The summed E-state index contributed by atoms with van der Waals surface area (Å²) in [6.07, 6.45) is 1.58. The molecule has 0 bridgehead atoms. The number of ether oxygens (including phenoxy) is 1. The summed E-state index contributed by atoms with van der Waals surface area (Å²) in [6.45, 7) is 5.29. The normalized spacial score (nSPS) is 11.4.